The number of hydrogen-bond donors (Lipinski definition) is 1. The topological polar surface area (TPSA) is 55.0 Å². The second kappa shape index (κ2) is 4.99. The predicted molar refractivity (Wildman–Crippen MR) is 62.9 cm³/mol. The molecule has 4 heteroatoms. The van der Waals surface area contributed by atoms with Crippen LogP contribution in [0.5, 0.6) is 0 Å². The summed E-state index contributed by atoms with van der Waals surface area (Å²) in [5.74, 6) is 4.53. The highest BCUT2D eigenvalue weighted by Gasteiger charge is 2.04. The van der Waals surface area contributed by atoms with Crippen LogP contribution < -0.4 is 0 Å². The fraction of sp³-hybridized carbons (Fsp3) is 0.0769. The van der Waals surface area contributed by atoms with Gasteiger partial charge in [-0.1, -0.05) is 36.3 Å². The largest absolute Gasteiger partial charge is 0.459 e. The quantitative estimate of drug-likeness (QED) is 0.593. The number of aromatic amines is 1. The van der Waals surface area contributed by atoms with Crippen LogP contribution in [0.25, 0.3) is 11.3 Å². The van der Waals surface area contributed by atoms with Gasteiger partial charge in [0.05, 0.1) is 24.6 Å². The molecule has 0 saturated carbocycles. The molecule has 4 nitrogen and oxygen atoms in total. The smallest absolute Gasteiger partial charge is 0.384 e. The van der Waals surface area contributed by atoms with Crippen molar-refractivity contribution in [1.29, 1.82) is 0 Å². The summed E-state index contributed by atoms with van der Waals surface area (Å²) < 4.78 is 4.45. The van der Waals surface area contributed by atoms with Crippen molar-refractivity contribution >= 4 is 5.97 Å². The number of ether oxygens (including phenoxy) is 1. The van der Waals surface area contributed by atoms with E-state index in [0.29, 0.717) is 5.56 Å². The average Bonchev–Trinajstić information content (AvgIpc) is 2.85. The SMILES string of the molecule is COC(=O)C#Cc1cn[nH]c1-c1ccccc1. The minimum absolute atomic E-state index is 0.565. The van der Waals surface area contributed by atoms with Gasteiger partial charge >= 0.3 is 5.97 Å². The maximum atomic E-state index is 10.9. The summed E-state index contributed by atoms with van der Waals surface area (Å²) in [6.45, 7) is 0. The molecule has 0 fully saturated rings. The van der Waals surface area contributed by atoms with Gasteiger partial charge in [0.2, 0.25) is 0 Å². The number of H-pyrrole nitrogens is 1. The van der Waals surface area contributed by atoms with Gasteiger partial charge in [-0.25, -0.2) is 4.79 Å². The number of methoxy groups -OCH3 is 1. The van der Waals surface area contributed by atoms with Crippen molar-refractivity contribution in [3.8, 4) is 23.1 Å². The molecule has 0 aliphatic heterocycles. The van der Waals surface area contributed by atoms with Crippen molar-refractivity contribution in [1.82, 2.24) is 10.2 Å². The van der Waals surface area contributed by atoms with E-state index in [4.69, 9.17) is 0 Å². The lowest BCUT2D eigenvalue weighted by Crippen LogP contribution is -1.94. The number of aromatic nitrogens is 2. The first-order valence-corrected chi connectivity index (χ1v) is 5.00. The molecular formula is C13H10N2O2. The van der Waals surface area contributed by atoms with Gasteiger partial charge in [0.1, 0.15) is 0 Å². The van der Waals surface area contributed by atoms with Crippen molar-refractivity contribution in [3.63, 3.8) is 0 Å². The molecule has 2 aromatic rings. The maximum Gasteiger partial charge on any atom is 0.384 e. The first-order chi connectivity index (χ1) is 8.31. The molecule has 2 rings (SSSR count). The van der Waals surface area contributed by atoms with Crippen molar-refractivity contribution in [2.75, 3.05) is 7.11 Å². The number of nitrogens with one attached hydrogen (secondary N) is 1. The minimum Gasteiger partial charge on any atom is -0.459 e. The Labute approximate surface area is 98.6 Å². The fourth-order valence-corrected chi connectivity index (χ4v) is 1.38. The molecule has 1 heterocycles. The normalized spacial score (nSPS) is 9.24. The van der Waals surface area contributed by atoms with Gasteiger partial charge in [0.25, 0.3) is 0 Å². The second-order valence-electron chi connectivity index (χ2n) is 3.27. The summed E-state index contributed by atoms with van der Waals surface area (Å²) in [5.41, 5.74) is 2.43. The molecule has 17 heavy (non-hydrogen) atoms. The molecule has 1 N–H and O–H groups in total. The Kier molecular flexibility index (Phi) is 3.22. The first-order valence-electron chi connectivity index (χ1n) is 5.00. The average molecular weight is 226 g/mol. The van der Waals surface area contributed by atoms with Crippen LogP contribution in [-0.2, 0) is 9.53 Å². The summed E-state index contributed by atoms with van der Waals surface area (Å²) in [6.07, 6.45) is 1.58. The molecule has 1 aromatic heterocycles. The minimum atomic E-state index is -0.565. The van der Waals surface area contributed by atoms with Gasteiger partial charge in [0, 0.05) is 11.5 Å². The maximum absolute atomic E-state index is 10.9. The Morgan fingerprint density at radius 3 is 2.82 bits per heavy atom. The Morgan fingerprint density at radius 1 is 1.35 bits per heavy atom. The molecule has 0 aliphatic rings. The first kappa shape index (κ1) is 11.0. The summed E-state index contributed by atoms with van der Waals surface area (Å²) in [6, 6.07) is 9.66. The highest BCUT2D eigenvalue weighted by molar-refractivity contribution is 5.89. The third-order valence-electron chi connectivity index (χ3n) is 2.19. The number of carbonyl (C=O) groups excluding carboxylic acids is 1. The number of esters is 1. The molecule has 0 radical (unpaired) electrons. The van der Waals surface area contributed by atoms with Crippen LogP contribution in [0.3, 0.4) is 0 Å². The van der Waals surface area contributed by atoms with Crippen LogP contribution in [0.15, 0.2) is 36.5 Å². The van der Waals surface area contributed by atoms with Crippen LogP contribution in [0.1, 0.15) is 5.56 Å². The zero-order valence-corrected chi connectivity index (χ0v) is 9.23. The van der Waals surface area contributed by atoms with E-state index in [1.54, 1.807) is 6.20 Å². The zero-order chi connectivity index (χ0) is 12.1. The lowest BCUT2D eigenvalue weighted by atomic mass is 10.1. The van der Waals surface area contributed by atoms with Crippen LogP contribution >= 0.6 is 0 Å². The van der Waals surface area contributed by atoms with Crippen LogP contribution in [-0.4, -0.2) is 23.3 Å². The fourth-order valence-electron chi connectivity index (χ4n) is 1.38. The highest BCUT2D eigenvalue weighted by atomic mass is 16.5. The molecule has 84 valence electrons. The number of rotatable bonds is 1. The molecule has 1 aromatic carbocycles. The third-order valence-corrected chi connectivity index (χ3v) is 2.19. The van der Waals surface area contributed by atoms with Crippen molar-refractivity contribution < 1.29 is 9.53 Å². The van der Waals surface area contributed by atoms with Gasteiger partial charge in [-0.05, 0) is 0 Å². The molecule has 0 aliphatic carbocycles. The van der Waals surface area contributed by atoms with Crippen molar-refractivity contribution in [2.45, 2.75) is 0 Å². The van der Waals surface area contributed by atoms with Crippen LogP contribution in [0.2, 0.25) is 0 Å². The molecule has 0 saturated heterocycles. The Hall–Kier alpha value is -2.54. The van der Waals surface area contributed by atoms with Crippen LogP contribution in [0, 0.1) is 11.8 Å². The standard InChI is InChI=1S/C13H10N2O2/c1-17-12(16)8-7-11-9-14-15-13(11)10-5-3-2-4-6-10/h2-6,9H,1H3,(H,14,15). The molecule has 0 bridgehead atoms. The Balaban J connectivity index is 2.35. The molecular weight excluding hydrogens is 216 g/mol. The lowest BCUT2D eigenvalue weighted by Gasteiger charge is -1.96. The van der Waals surface area contributed by atoms with Crippen molar-refractivity contribution in [2.24, 2.45) is 0 Å². The van der Waals surface area contributed by atoms with E-state index in [1.165, 1.54) is 7.11 Å². The molecule has 0 spiro atoms. The van der Waals surface area contributed by atoms with Gasteiger partial charge in [-0.2, -0.15) is 5.10 Å². The summed E-state index contributed by atoms with van der Waals surface area (Å²) in [5, 5.41) is 6.78. The van der Waals surface area contributed by atoms with E-state index < -0.39 is 5.97 Å². The van der Waals surface area contributed by atoms with E-state index >= 15 is 0 Å². The van der Waals surface area contributed by atoms with Gasteiger partial charge in [-0.15, -0.1) is 0 Å². The predicted octanol–water partition coefficient (Wildman–Crippen LogP) is 1.60. The molecule has 0 unspecified atom stereocenters. The summed E-state index contributed by atoms with van der Waals surface area (Å²) in [7, 11) is 1.30. The monoisotopic (exact) mass is 226 g/mol. The summed E-state index contributed by atoms with van der Waals surface area (Å²) >= 11 is 0. The van der Waals surface area contributed by atoms with E-state index in [-0.39, 0.29) is 0 Å². The van der Waals surface area contributed by atoms with E-state index in [1.807, 2.05) is 30.3 Å². The Morgan fingerprint density at radius 2 is 2.12 bits per heavy atom. The Bertz CT molecular complexity index is 576. The second-order valence-corrected chi connectivity index (χ2v) is 3.27. The van der Waals surface area contributed by atoms with Crippen LogP contribution in [0.4, 0.5) is 0 Å². The van der Waals surface area contributed by atoms with Gasteiger partial charge < -0.3 is 4.74 Å². The highest BCUT2D eigenvalue weighted by Crippen LogP contribution is 2.19. The number of hydrogen-bond acceptors (Lipinski definition) is 3. The molecule has 0 amide bonds. The van der Waals surface area contributed by atoms with E-state index in [0.717, 1.165) is 11.3 Å². The third kappa shape index (κ3) is 2.52. The van der Waals surface area contributed by atoms with Crippen molar-refractivity contribution in [3.05, 3.63) is 42.1 Å². The van der Waals surface area contributed by atoms with E-state index in [2.05, 4.69) is 26.8 Å². The van der Waals surface area contributed by atoms with E-state index in [9.17, 15) is 4.79 Å². The zero-order valence-electron chi connectivity index (χ0n) is 9.23. The number of benzene rings is 1. The number of nitrogens with zero attached hydrogens (tertiary/aromatic N) is 1. The lowest BCUT2D eigenvalue weighted by molar-refractivity contribution is -0.133. The van der Waals surface area contributed by atoms with Gasteiger partial charge in [0.15, 0.2) is 0 Å². The molecule has 0 atom stereocenters. The van der Waals surface area contributed by atoms with Gasteiger partial charge in [-0.3, -0.25) is 5.10 Å². The number of carbonyl (C=O) groups is 1. The summed E-state index contributed by atoms with van der Waals surface area (Å²) in [4.78, 5) is 10.9.